The summed E-state index contributed by atoms with van der Waals surface area (Å²) >= 11 is -2.38. The minimum absolute atomic E-state index is 0.00977. The van der Waals surface area contributed by atoms with Crippen LogP contribution in [0.1, 0.15) is 33.4 Å². The van der Waals surface area contributed by atoms with E-state index in [1.807, 2.05) is 0 Å². The third-order valence-electron chi connectivity index (χ3n) is 7.62. The Balaban J connectivity index is 0.000000225. The zero-order valence-electron chi connectivity index (χ0n) is 27.2. The Bertz CT molecular complexity index is 1770. The molecular formula is C30H19BrClF18I3O3. The SMILES string of the molecule is Cc1ccc(I)c(C(O)(C(F)(F)F)C(F)(F)F)c1.Cc1ccc2c(c1)C(C(F)(F)F)(C(F)(F)F)OI2Br.Cc1ccc2c(c1)C(C(F)(F)F)(C(F)(F)F)OI2Cl. The van der Waals surface area contributed by atoms with Gasteiger partial charge in [0.05, 0.1) is 0 Å². The van der Waals surface area contributed by atoms with Gasteiger partial charge < -0.3 is 5.11 Å². The van der Waals surface area contributed by atoms with Gasteiger partial charge in [-0.1, -0.05) is 17.7 Å². The van der Waals surface area contributed by atoms with Gasteiger partial charge in [0.25, 0.3) is 5.60 Å². The molecule has 3 nitrogen and oxygen atoms in total. The fourth-order valence-corrected chi connectivity index (χ4v) is 16.1. The second kappa shape index (κ2) is 16.3. The van der Waals surface area contributed by atoms with Crippen LogP contribution in [0.4, 0.5) is 79.0 Å². The molecule has 0 bridgehead atoms. The van der Waals surface area contributed by atoms with Gasteiger partial charge in [-0.2, -0.15) is 26.3 Å². The molecule has 2 aliphatic rings. The van der Waals surface area contributed by atoms with Crippen LogP contribution in [0, 0.1) is 31.5 Å². The average Bonchev–Trinajstić information content (AvgIpc) is 3.49. The van der Waals surface area contributed by atoms with Crippen LogP contribution in [0.25, 0.3) is 0 Å². The first kappa shape index (κ1) is 49.6. The van der Waals surface area contributed by atoms with Crippen molar-refractivity contribution in [2.24, 2.45) is 0 Å². The van der Waals surface area contributed by atoms with Crippen LogP contribution >= 0.6 is 81.3 Å². The maximum absolute atomic E-state index is 13.1. The van der Waals surface area contributed by atoms with Gasteiger partial charge in [0.1, 0.15) is 0 Å². The van der Waals surface area contributed by atoms with Gasteiger partial charge in [-0.3, -0.25) is 0 Å². The molecular weight excluding hydrogens is 1250 g/mol. The van der Waals surface area contributed by atoms with Crippen molar-refractivity contribution >= 4 is 81.3 Å². The second-order valence-corrected chi connectivity index (χ2v) is 23.7. The van der Waals surface area contributed by atoms with E-state index in [0.717, 1.165) is 18.2 Å². The number of rotatable bonds is 1. The molecule has 2 heterocycles. The molecule has 0 spiro atoms. The van der Waals surface area contributed by atoms with Gasteiger partial charge in [0.15, 0.2) is 0 Å². The monoisotopic (exact) mass is 1260 g/mol. The predicted octanol–water partition coefficient (Wildman–Crippen LogP) is 14.2. The number of fused-ring (bicyclic) bond motifs is 2. The zero-order chi connectivity index (χ0) is 43.6. The summed E-state index contributed by atoms with van der Waals surface area (Å²) in [6, 6.07) is 10.2. The van der Waals surface area contributed by atoms with Gasteiger partial charge in [0.2, 0.25) is 0 Å². The van der Waals surface area contributed by atoms with Crippen LogP contribution in [0.5, 0.6) is 0 Å². The number of aryl methyl sites for hydroxylation is 3. The Labute approximate surface area is 342 Å². The van der Waals surface area contributed by atoms with Crippen LogP contribution in [0.3, 0.4) is 0 Å². The summed E-state index contributed by atoms with van der Waals surface area (Å²) in [5, 5.41) is 9.21. The van der Waals surface area contributed by atoms with Gasteiger partial charge in [-0.05, 0) is 35.6 Å². The van der Waals surface area contributed by atoms with E-state index in [-0.39, 0.29) is 21.8 Å². The molecule has 0 fully saturated rings. The van der Waals surface area contributed by atoms with Gasteiger partial charge in [-0.25, -0.2) is 0 Å². The van der Waals surface area contributed by atoms with E-state index in [0.29, 0.717) is 11.6 Å². The first-order valence-electron chi connectivity index (χ1n) is 14.2. The molecule has 26 heteroatoms. The normalized spacial score (nSPS) is 18.4. The third kappa shape index (κ3) is 8.83. The van der Waals surface area contributed by atoms with Crippen LogP contribution in [0.2, 0.25) is 0 Å². The average molecular weight is 1270 g/mol. The van der Waals surface area contributed by atoms with Crippen molar-refractivity contribution in [1.82, 2.24) is 0 Å². The third-order valence-corrected chi connectivity index (χ3v) is 18.8. The van der Waals surface area contributed by atoms with Crippen molar-refractivity contribution in [2.45, 2.75) is 74.6 Å². The molecule has 1 N–H and O–H groups in total. The molecule has 0 radical (unpaired) electrons. The number of aliphatic hydroxyl groups is 1. The fraction of sp³-hybridized carbons (Fsp3) is 0.400. The number of hydrogen-bond donors (Lipinski definition) is 1. The summed E-state index contributed by atoms with van der Waals surface area (Å²) < 4.78 is 240. The Morgan fingerprint density at radius 2 is 0.911 bits per heavy atom. The van der Waals surface area contributed by atoms with E-state index in [1.54, 1.807) is 0 Å². The summed E-state index contributed by atoms with van der Waals surface area (Å²) in [7, 11) is 5.63. The summed E-state index contributed by atoms with van der Waals surface area (Å²) in [5.74, 6) is 0. The zero-order valence-corrected chi connectivity index (χ0v) is 36.0. The van der Waals surface area contributed by atoms with Crippen LogP contribution in [-0.2, 0) is 22.9 Å². The van der Waals surface area contributed by atoms with Gasteiger partial charge in [-0.15, -0.1) is 0 Å². The van der Waals surface area contributed by atoms with E-state index in [4.69, 9.17) is 8.91 Å². The standard InChI is InChI=1S/C10H6BrF6IO.C10H6ClF6IO.C10H7F6IO/c2*1-5-2-3-7-6(4-5)8(9(12,13)14,10(15,16)17)19-18(7)11;1-5-2-3-7(17)6(4-5)8(18,9(11,12)13)10(14,15)16/h2*2-4H,1H3;2-4,18H,1H3. The summed E-state index contributed by atoms with van der Waals surface area (Å²) in [6.45, 7) is 4.18. The summed E-state index contributed by atoms with van der Waals surface area (Å²) in [6.07, 6.45) is -34.1. The van der Waals surface area contributed by atoms with Crippen LogP contribution < -0.4 is 0 Å². The Hall–Kier alpha value is -0.760. The number of halogens is 23. The van der Waals surface area contributed by atoms with E-state index in [1.165, 1.54) is 73.7 Å². The van der Waals surface area contributed by atoms with Crippen molar-refractivity contribution in [1.29, 1.82) is 0 Å². The van der Waals surface area contributed by atoms with Crippen LogP contribution in [0.15, 0.2) is 54.6 Å². The Kier molecular flexibility index (Phi) is 14.4. The summed E-state index contributed by atoms with van der Waals surface area (Å²) in [4.78, 5) is 0. The molecule has 2 aliphatic heterocycles. The quantitative estimate of drug-likeness (QED) is 0.195. The minimum atomic E-state index is -5.85. The van der Waals surface area contributed by atoms with E-state index >= 15 is 0 Å². The molecule has 0 amide bonds. The molecule has 0 saturated heterocycles. The number of alkyl halides is 18. The maximum atomic E-state index is 13.1. The van der Waals surface area contributed by atoms with E-state index < -0.39 is 108 Å². The van der Waals surface area contributed by atoms with Crippen LogP contribution in [-0.4, -0.2) is 42.2 Å². The van der Waals surface area contributed by atoms with Crippen molar-refractivity contribution in [3.05, 3.63) is 98.7 Å². The van der Waals surface area contributed by atoms with Crippen molar-refractivity contribution < 1.29 is 90.3 Å². The van der Waals surface area contributed by atoms with E-state index in [2.05, 4.69) is 18.8 Å². The van der Waals surface area contributed by atoms with Gasteiger partial charge in [0, 0.05) is 9.13 Å². The van der Waals surface area contributed by atoms with E-state index in [9.17, 15) is 84.1 Å². The molecule has 318 valence electrons. The second-order valence-electron chi connectivity index (χ2n) is 11.6. The van der Waals surface area contributed by atoms with Gasteiger partial charge >= 0.3 is 245 Å². The summed E-state index contributed by atoms with van der Waals surface area (Å²) in [5.41, 5.74) is -15.5. The molecule has 3 aromatic carbocycles. The molecule has 3 aromatic rings. The molecule has 56 heavy (non-hydrogen) atoms. The first-order valence-corrected chi connectivity index (χ1v) is 26.7. The molecule has 0 unspecified atom stereocenters. The molecule has 0 aliphatic carbocycles. The molecule has 5 rings (SSSR count). The first-order chi connectivity index (χ1) is 24.9. The van der Waals surface area contributed by atoms with Crippen molar-refractivity contribution in [3.63, 3.8) is 0 Å². The Morgan fingerprint density at radius 1 is 0.571 bits per heavy atom. The van der Waals surface area contributed by atoms with Crippen molar-refractivity contribution in [2.75, 3.05) is 0 Å². The number of hydrogen-bond acceptors (Lipinski definition) is 3. The molecule has 0 saturated carbocycles. The number of benzene rings is 3. The predicted molar refractivity (Wildman–Crippen MR) is 192 cm³/mol. The molecule has 0 atom stereocenters. The molecule has 0 aromatic heterocycles. The Morgan fingerprint density at radius 3 is 1.30 bits per heavy atom. The topological polar surface area (TPSA) is 38.7 Å². The fourth-order valence-electron chi connectivity index (χ4n) is 4.94. The van der Waals surface area contributed by atoms with Crippen molar-refractivity contribution in [3.8, 4) is 0 Å².